The molecule has 5 nitrogen and oxygen atoms in total. The first kappa shape index (κ1) is 18.5. The number of nitrogens with zero attached hydrogens (tertiary/aromatic N) is 1. The van der Waals surface area contributed by atoms with Crippen molar-refractivity contribution >= 4 is 21.6 Å². The summed E-state index contributed by atoms with van der Waals surface area (Å²) < 4.78 is 41.0. The molecule has 1 fully saturated rings. The zero-order valence-electron chi connectivity index (χ0n) is 14.5. The third-order valence-electron chi connectivity index (χ3n) is 4.50. The van der Waals surface area contributed by atoms with E-state index >= 15 is 0 Å². The highest BCUT2D eigenvalue weighted by Crippen LogP contribution is 2.36. The minimum atomic E-state index is -3.70. The summed E-state index contributed by atoms with van der Waals surface area (Å²) in [5.41, 5.74) is 1.22. The number of amides is 1. The molecule has 0 aliphatic carbocycles. The molecule has 1 atom stereocenters. The van der Waals surface area contributed by atoms with Crippen LogP contribution in [0.25, 0.3) is 0 Å². The number of halogens is 1. The van der Waals surface area contributed by atoms with Crippen LogP contribution in [0.1, 0.15) is 37.8 Å². The van der Waals surface area contributed by atoms with Crippen LogP contribution < -0.4 is 5.32 Å². The zero-order chi connectivity index (χ0) is 18.7. The van der Waals surface area contributed by atoms with Crippen molar-refractivity contribution in [1.82, 2.24) is 4.31 Å². The van der Waals surface area contributed by atoms with Crippen LogP contribution in [-0.2, 0) is 14.8 Å². The molecule has 0 saturated carbocycles. The molecule has 0 bridgehead atoms. The Hall–Kier alpha value is -2.25. The van der Waals surface area contributed by atoms with Crippen molar-refractivity contribution < 1.29 is 17.6 Å². The lowest BCUT2D eigenvalue weighted by Gasteiger charge is -2.24. The standard InChI is InChI=1S/C19H21FN2O3S/c1-2-19(23)21-16-8-10-17(11-9-16)26(24,25)22-12-4-7-18(22)14-5-3-6-15(20)13-14/h3,5-6,8-11,13,18H,2,4,7,12H2,1H3,(H,21,23)/t18-/m0/s1. The van der Waals surface area contributed by atoms with Crippen molar-refractivity contribution in [2.24, 2.45) is 0 Å². The lowest BCUT2D eigenvalue weighted by atomic mass is 10.1. The smallest absolute Gasteiger partial charge is 0.243 e. The number of rotatable bonds is 5. The van der Waals surface area contributed by atoms with E-state index < -0.39 is 10.0 Å². The molecule has 1 N–H and O–H groups in total. The van der Waals surface area contributed by atoms with Crippen molar-refractivity contribution in [2.45, 2.75) is 37.1 Å². The lowest BCUT2D eigenvalue weighted by Crippen LogP contribution is -2.30. The Bertz CT molecular complexity index is 897. The van der Waals surface area contributed by atoms with Crippen LogP contribution in [-0.4, -0.2) is 25.2 Å². The number of hydrogen-bond donors (Lipinski definition) is 1. The Labute approximate surface area is 152 Å². The van der Waals surface area contributed by atoms with Crippen LogP contribution in [0.15, 0.2) is 53.4 Å². The maximum absolute atomic E-state index is 13.5. The second-order valence-corrected chi connectivity index (χ2v) is 8.15. The predicted molar refractivity (Wildman–Crippen MR) is 97.6 cm³/mol. The van der Waals surface area contributed by atoms with E-state index in [0.717, 1.165) is 6.42 Å². The van der Waals surface area contributed by atoms with E-state index in [4.69, 9.17) is 0 Å². The number of sulfonamides is 1. The molecule has 0 spiro atoms. The summed E-state index contributed by atoms with van der Waals surface area (Å²) in [6.07, 6.45) is 1.74. The van der Waals surface area contributed by atoms with Crippen LogP contribution in [0, 0.1) is 5.82 Å². The van der Waals surface area contributed by atoms with Gasteiger partial charge in [-0.05, 0) is 54.8 Å². The summed E-state index contributed by atoms with van der Waals surface area (Å²) in [5.74, 6) is -0.505. The third kappa shape index (κ3) is 3.78. The normalized spacial score (nSPS) is 18.0. The molecule has 0 radical (unpaired) electrons. The van der Waals surface area contributed by atoms with Crippen LogP contribution in [0.3, 0.4) is 0 Å². The highest BCUT2D eigenvalue weighted by atomic mass is 32.2. The van der Waals surface area contributed by atoms with Gasteiger partial charge in [0.05, 0.1) is 10.9 Å². The number of anilines is 1. The number of carbonyl (C=O) groups excluding carboxylic acids is 1. The third-order valence-corrected chi connectivity index (χ3v) is 6.43. The van der Waals surface area contributed by atoms with Crippen molar-refractivity contribution in [2.75, 3.05) is 11.9 Å². The second-order valence-electron chi connectivity index (χ2n) is 6.25. The first-order valence-corrected chi connectivity index (χ1v) is 10.0. The SMILES string of the molecule is CCC(=O)Nc1ccc(S(=O)(=O)N2CCC[C@H]2c2cccc(F)c2)cc1. The highest BCUT2D eigenvalue weighted by molar-refractivity contribution is 7.89. The molecule has 1 saturated heterocycles. The van der Waals surface area contributed by atoms with Gasteiger partial charge in [0.1, 0.15) is 5.82 Å². The Morgan fingerprint density at radius 2 is 1.96 bits per heavy atom. The first-order valence-electron chi connectivity index (χ1n) is 8.59. The summed E-state index contributed by atoms with van der Waals surface area (Å²) >= 11 is 0. The van der Waals surface area contributed by atoms with Gasteiger partial charge in [0.15, 0.2) is 0 Å². The van der Waals surface area contributed by atoms with Crippen molar-refractivity contribution in [3.8, 4) is 0 Å². The molecule has 2 aromatic rings. The Kier molecular flexibility index (Phi) is 5.38. The number of nitrogens with one attached hydrogen (secondary N) is 1. The zero-order valence-corrected chi connectivity index (χ0v) is 15.3. The Morgan fingerprint density at radius 1 is 1.23 bits per heavy atom. The van der Waals surface area contributed by atoms with Gasteiger partial charge in [0.25, 0.3) is 0 Å². The molecule has 0 aromatic heterocycles. The topological polar surface area (TPSA) is 66.5 Å². The molecular weight excluding hydrogens is 355 g/mol. The van der Waals surface area contributed by atoms with E-state index in [1.807, 2.05) is 0 Å². The molecule has 3 rings (SSSR count). The molecule has 1 aliphatic heterocycles. The molecule has 1 amide bonds. The number of benzene rings is 2. The fourth-order valence-electron chi connectivity index (χ4n) is 3.17. The van der Waals surface area contributed by atoms with Gasteiger partial charge in [-0.3, -0.25) is 4.79 Å². The van der Waals surface area contributed by atoms with E-state index in [1.54, 1.807) is 31.2 Å². The van der Waals surface area contributed by atoms with Crippen LogP contribution in [0.5, 0.6) is 0 Å². The Morgan fingerprint density at radius 3 is 2.62 bits per heavy atom. The molecule has 138 valence electrons. The molecule has 2 aromatic carbocycles. The van der Waals surface area contributed by atoms with Gasteiger partial charge in [-0.15, -0.1) is 0 Å². The summed E-state index contributed by atoms with van der Waals surface area (Å²) in [6, 6.07) is 11.9. The Balaban J connectivity index is 1.86. The van der Waals surface area contributed by atoms with Gasteiger partial charge in [-0.25, -0.2) is 12.8 Å². The van der Waals surface area contributed by atoms with E-state index in [1.165, 1.54) is 28.6 Å². The van der Waals surface area contributed by atoms with Gasteiger partial charge < -0.3 is 5.32 Å². The van der Waals surface area contributed by atoms with Gasteiger partial charge in [0.2, 0.25) is 15.9 Å². The molecule has 26 heavy (non-hydrogen) atoms. The number of hydrogen-bond acceptors (Lipinski definition) is 3. The summed E-state index contributed by atoms with van der Waals surface area (Å²) in [5, 5.41) is 2.69. The average molecular weight is 376 g/mol. The number of carbonyl (C=O) groups is 1. The van der Waals surface area contributed by atoms with Gasteiger partial charge in [0, 0.05) is 18.7 Å². The molecule has 0 unspecified atom stereocenters. The van der Waals surface area contributed by atoms with Crippen molar-refractivity contribution in [3.05, 3.63) is 59.9 Å². The highest BCUT2D eigenvalue weighted by Gasteiger charge is 2.36. The van der Waals surface area contributed by atoms with Crippen molar-refractivity contribution in [1.29, 1.82) is 0 Å². The molecule has 7 heteroatoms. The molecule has 1 heterocycles. The minimum absolute atomic E-state index is 0.133. The fraction of sp³-hybridized carbons (Fsp3) is 0.316. The van der Waals surface area contributed by atoms with E-state index in [2.05, 4.69) is 5.32 Å². The average Bonchev–Trinajstić information content (AvgIpc) is 3.13. The van der Waals surface area contributed by atoms with E-state index in [0.29, 0.717) is 30.6 Å². The maximum Gasteiger partial charge on any atom is 0.243 e. The second kappa shape index (κ2) is 7.55. The van der Waals surface area contributed by atoms with Gasteiger partial charge in [-0.1, -0.05) is 19.1 Å². The quantitative estimate of drug-likeness (QED) is 0.865. The summed E-state index contributed by atoms with van der Waals surface area (Å²) in [7, 11) is -3.70. The minimum Gasteiger partial charge on any atom is -0.326 e. The van der Waals surface area contributed by atoms with Gasteiger partial charge >= 0.3 is 0 Å². The van der Waals surface area contributed by atoms with Crippen LogP contribution in [0.2, 0.25) is 0 Å². The van der Waals surface area contributed by atoms with Gasteiger partial charge in [-0.2, -0.15) is 4.31 Å². The summed E-state index contributed by atoms with van der Waals surface area (Å²) in [4.78, 5) is 11.6. The van der Waals surface area contributed by atoms with Crippen LogP contribution in [0.4, 0.5) is 10.1 Å². The summed E-state index contributed by atoms with van der Waals surface area (Å²) in [6.45, 7) is 2.14. The molecule has 1 aliphatic rings. The monoisotopic (exact) mass is 376 g/mol. The predicted octanol–water partition coefficient (Wildman–Crippen LogP) is 3.70. The largest absolute Gasteiger partial charge is 0.326 e. The van der Waals surface area contributed by atoms with Crippen LogP contribution >= 0.6 is 0 Å². The lowest BCUT2D eigenvalue weighted by molar-refractivity contribution is -0.115. The molecular formula is C19H21FN2O3S. The van der Waals surface area contributed by atoms with Crippen molar-refractivity contribution in [3.63, 3.8) is 0 Å². The van der Waals surface area contributed by atoms with E-state index in [9.17, 15) is 17.6 Å². The van der Waals surface area contributed by atoms with E-state index in [-0.39, 0.29) is 22.7 Å². The maximum atomic E-state index is 13.5. The fourth-order valence-corrected chi connectivity index (χ4v) is 4.85. The first-order chi connectivity index (χ1) is 12.4.